The normalized spacial score (nSPS) is 16.2. The zero-order chi connectivity index (χ0) is 25.3. The van der Waals surface area contributed by atoms with Gasteiger partial charge in [0.1, 0.15) is 5.82 Å². The number of carbonyl (C=O) groups is 1. The van der Waals surface area contributed by atoms with Crippen molar-refractivity contribution in [3.05, 3.63) is 83.1 Å². The number of sulfonamides is 1. The Kier molecular flexibility index (Phi) is 6.87. The highest BCUT2D eigenvalue weighted by Crippen LogP contribution is 2.32. The molecule has 2 aliphatic rings. The summed E-state index contributed by atoms with van der Waals surface area (Å²) in [6.45, 7) is 2.56. The van der Waals surface area contributed by atoms with E-state index < -0.39 is 15.8 Å². The number of fused-ring (bicyclic) bond motifs is 1. The second-order valence-electron chi connectivity index (χ2n) is 8.86. The van der Waals surface area contributed by atoms with Crippen molar-refractivity contribution in [2.45, 2.75) is 11.3 Å². The van der Waals surface area contributed by atoms with Crippen LogP contribution >= 0.6 is 11.6 Å². The van der Waals surface area contributed by atoms with E-state index in [1.165, 1.54) is 16.4 Å². The van der Waals surface area contributed by atoms with E-state index in [1.807, 2.05) is 29.2 Å². The maximum atomic E-state index is 13.8. The van der Waals surface area contributed by atoms with E-state index in [0.29, 0.717) is 44.2 Å². The van der Waals surface area contributed by atoms with Crippen LogP contribution in [-0.4, -0.2) is 57.9 Å². The zero-order valence-electron chi connectivity index (χ0n) is 19.5. The minimum absolute atomic E-state index is 0.0545. The van der Waals surface area contributed by atoms with E-state index in [4.69, 9.17) is 11.6 Å². The number of amides is 1. The SMILES string of the molecule is O=C(CN1CCc2cc(S(=O)(=O)N3CCN(c4cccc(Cl)c4)CC3)ccc21)Nc1ccccc1F. The molecule has 0 saturated carbocycles. The molecular formula is C26H26ClFN4O3S. The van der Waals surface area contributed by atoms with Gasteiger partial charge in [0.25, 0.3) is 0 Å². The van der Waals surface area contributed by atoms with Crippen LogP contribution in [0.25, 0.3) is 0 Å². The second kappa shape index (κ2) is 10.1. The minimum atomic E-state index is -3.64. The quantitative estimate of drug-likeness (QED) is 0.524. The lowest BCUT2D eigenvalue weighted by Gasteiger charge is -2.35. The topological polar surface area (TPSA) is 73.0 Å². The predicted molar refractivity (Wildman–Crippen MR) is 140 cm³/mol. The molecule has 3 aromatic carbocycles. The van der Waals surface area contributed by atoms with E-state index in [2.05, 4.69) is 10.2 Å². The largest absolute Gasteiger partial charge is 0.369 e. The molecule has 10 heteroatoms. The molecular weight excluding hydrogens is 503 g/mol. The van der Waals surface area contributed by atoms with Crippen molar-refractivity contribution in [2.24, 2.45) is 0 Å². The van der Waals surface area contributed by atoms with Gasteiger partial charge in [-0.25, -0.2) is 12.8 Å². The van der Waals surface area contributed by atoms with Gasteiger partial charge in [0.05, 0.1) is 17.1 Å². The monoisotopic (exact) mass is 528 g/mol. The first-order valence-corrected chi connectivity index (χ1v) is 13.6. The Morgan fingerprint density at radius 1 is 0.944 bits per heavy atom. The average molecular weight is 529 g/mol. The Balaban J connectivity index is 1.24. The van der Waals surface area contributed by atoms with Crippen LogP contribution in [0.4, 0.5) is 21.5 Å². The summed E-state index contributed by atoms with van der Waals surface area (Å²) in [7, 11) is -3.64. The summed E-state index contributed by atoms with van der Waals surface area (Å²) in [5.41, 5.74) is 2.82. The van der Waals surface area contributed by atoms with Crippen LogP contribution in [0.2, 0.25) is 5.02 Å². The van der Waals surface area contributed by atoms with Crippen molar-refractivity contribution in [1.82, 2.24) is 4.31 Å². The van der Waals surface area contributed by atoms with Crippen LogP contribution in [0.15, 0.2) is 71.6 Å². The number of hydrogen-bond acceptors (Lipinski definition) is 5. The van der Waals surface area contributed by atoms with Gasteiger partial charge in [-0.05, 0) is 60.5 Å². The number of nitrogens with one attached hydrogen (secondary N) is 1. The van der Waals surface area contributed by atoms with E-state index in [1.54, 1.807) is 30.3 Å². The molecule has 0 spiro atoms. The third-order valence-electron chi connectivity index (χ3n) is 6.57. The van der Waals surface area contributed by atoms with Crippen molar-refractivity contribution in [3.63, 3.8) is 0 Å². The molecule has 1 saturated heterocycles. The molecule has 188 valence electrons. The average Bonchev–Trinajstić information content (AvgIpc) is 3.27. The Morgan fingerprint density at radius 3 is 2.47 bits per heavy atom. The highest BCUT2D eigenvalue weighted by atomic mass is 35.5. The molecule has 1 fully saturated rings. The van der Waals surface area contributed by atoms with Crippen molar-refractivity contribution >= 4 is 44.6 Å². The molecule has 3 aromatic rings. The van der Waals surface area contributed by atoms with Crippen LogP contribution < -0.4 is 15.1 Å². The standard InChI is InChI=1S/C26H26ClFN4O3S/c27-20-4-3-5-21(17-20)30-12-14-32(15-13-30)36(34,35)22-8-9-25-19(16-22)10-11-31(25)18-26(33)29-24-7-2-1-6-23(24)28/h1-9,16-17H,10-15,18H2,(H,29,33). The number of benzene rings is 3. The number of rotatable bonds is 6. The Morgan fingerprint density at radius 2 is 1.72 bits per heavy atom. The van der Waals surface area contributed by atoms with Crippen molar-refractivity contribution in [2.75, 3.05) is 54.4 Å². The van der Waals surface area contributed by atoms with Gasteiger partial charge in [-0.1, -0.05) is 29.8 Å². The number of piperazine rings is 1. The first kappa shape index (κ1) is 24.5. The fourth-order valence-corrected chi connectivity index (χ4v) is 6.36. The van der Waals surface area contributed by atoms with Gasteiger partial charge in [-0.15, -0.1) is 0 Å². The summed E-state index contributed by atoms with van der Waals surface area (Å²) >= 11 is 6.10. The van der Waals surface area contributed by atoms with Crippen molar-refractivity contribution in [3.8, 4) is 0 Å². The van der Waals surface area contributed by atoms with Crippen molar-refractivity contribution < 1.29 is 17.6 Å². The van der Waals surface area contributed by atoms with Gasteiger partial charge in [0.15, 0.2) is 0 Å². The summed E-state index contributed by atoms with van der Waals surface area (Å²) < 4.78 is 42.1. The van der Waals surface area contributed by atoms with E-state index in [-0.39, 0.29) is 23.0 Å². The number of para-hydroxylation sites is 1. The first-order valence-electron chi connectivity index (χ1n) is 11.7. The minimum Gasteiger partial charge on any atom is -0.369 e. The van der Waals surface area contributed by atoms with Gasteiger partial charge in [-0.3, -0.25) is 4.79 Å². The van der Waals surface area contributed by atoms with E-state index >= 15 is 0 Å². The summed E-state index contributed by atoms with van der Waals surface area (Å²) in [6.07, 6.45) is 0.633. The molecule has 1 amide bonds. The van der Waals surface area contributed by atoms with Crippen LogP contribution in [0.3, 0.4) is 0 Å². The zero-order valence-corrected chi connectivity index (χ0v) is 21.1. The fraction of sp³-hybridized carbons (Fsp3) is 0.269. The summed E-state index contributed by atoms with van der Waals surface area (Å²) in [6, 6.07) is 18.6. The fourth-order valence-electron chi connectivity index (χ4n) is 4.71. The van der Waals surface area contributed by atoms with Gasteiger partial charge in [0.2, 0.25) is 15.9 Å². The molecule has 0 radical (unpaired) electrons. The molecule has 2 aliphatic heterocycles. The van der Waals surface area contributed by atoms with Crippen LogP contribution in [0, 0.1) is 5.82 Å². The molecule has 5 rings (SSSR count). The third-order valence-corrected chi connectivity index (χ3v) is 8.70. The molecule has 2 heterocycles. The van der Waals surface area contributed by atoms with Crippen LogP contribution in [0.5, 0.6) is 0 Å². The van der Waals surface area contributed by atoms with E-state index in [0.717, 1.165) is 16.9 Å². The van der Waals surface area contributed by atoms with Crippen molar-refractivity contribution in [1.29, 1.82) is 0 Å². The molecule has 0 bridgehead atoms. The lowest BCUT2D eigenvalue weighted by molar-refractivity contribution is -0.115. The Bertz CT molecular complexity index is 1390. The number of anilines is 3. The van der Waals surface area contributed by atoms with Gasteiger partial charge in [-0.2, -0.15) is 4.31 Å². The molecule has 36 heavy (non-hydrogen) atoms. The van der Waals surface area contributed by atoms with Gasteiger partial charge >= 0.3 is 0 Å². The molecule has 1 N–H and O–H groups in total. The molecule has 0 aromatic heterocycles. The summed E-state index contributed by atoms with van der Waals surface area (Å²) in [5.74, 6) is -0.821. The lowest BCUT2D eigenvalue weighted by Crippen LogP contribution is -2.48. The smallest absolute Gasteiger partial charge is 0.243 e. The Labute approximate surface area is 215 Å². The van der Waals surface area contributed by atoms with Crippen LogP contribution in [0.1, 0.15) is 5.56 Å². The highest BCUT2D eigenvalue weighted by Gasteiger charge is 2.30. The van der Waals surface area contributed by atoms with Gasteiger partial charge < -0.3 is 15.1 Å². The maximum Gasteiger partial charge on any atom is 0.243 e. The predicted octanol–water partition coefficient (Wildman–Crippen LogP) is 3.99. The second-order valence-corrected chi connectivity index (χ2v) is 11.2. The highest BCUT2D eigenvalue weighted by molar-refractivity contribution is 7.89. The third kappa shape index (κ3) is 5.04. The molecule has 0 unspecified atom stereocenters. The Hall–Kier alpha value is -3.14. The number of carbonyl (C=O) groups excluding carboxylic acids is 1. The molecule has 0 atom stereocenters. The lowest BCUT2D eigenvalue weighted by atomic mass is 10.2. The molecule has 7 nitrogen and oxygen atoms in total. The molecule has 0 aliphatic carbocycles. The van der Waals surface area contributed by atoms with Gasteiger partial charge in [0, 0.05) is 49.1 Å². The number of halogens is 2. The summed E-state index contributed by atoms with van der Waals surface area (Å²) in [5, 5.41) is 3.25. The first-order chi connectivity index (χ1) is 17.3. The number of nitrogens with zero attached hydrogens (tertiary/aromatic N) is 3. The maximum absolute atomic E-state index is 13.8. The number of hydrogen-bond donors (Lipinski definition) is 1. The van der Waals surface area contributed by atoms with E-state index in [9.17, 15) is 17.6 Å². The van der Waals surface area contributed by atoms with Crippen LogP contribution in [-0.2, 0) is 21.2 Å². The summed E-state index contributed by atoms with van der Waals surface area (Å²) in [4.78, 5) is 16.7.